The number of halogens is 1. The summed E-state index contributed by atoms with van der Waals surface area (Å²) in [5.74, 6) is 0. The summed E-state index contributed by atoms with van der Waals surface area (Å²) in [5, 5.41) is 14.7. The zero-order valence-corrected chi connectivity index (χ0v) is 12.1. The van der Waals surface area contributed by atoms with E-state index in [2.05, 4.69) is 32.9 Å². The fraction of sp³-hybridized carbons (Fsp3) is 0.385. The zero-order valence-electron chi connectivity index (χ0n) is 10.5. The summed E-state index contributed by atoms with van der Waals surface area (Å²) in [6.45, 7) is 4.83. The molecule has 2 heterocycles. The molecule has 5 heteroatoms. The molecule has 0 aliphatic heterocycles. The first-order valence-electron chi connectivity index (χ1n) is 5.95. The van der Waals surface area contributed by atoms with Crippen LogP contribution >= 0.6 is 15.9 Å². The van der Waals surface area contributed by atoms with Gasteiger partial charge in [-0.15, -0.1) is 0 Å². The fourth-order valence-corrected chi connectivity index (χ4v) is 2.33. The highest BCUT2D eigenvalue weighted by molar-refractivity contribution is 9.10. The van der Waals surface area contributed by atoms with Gasteiger partial charge >= 0.3 is 0 Å². The number of aromatic nitrogens is 3. The molecule has 2 aromatic rings. The first kappa shape index (κ1) is 13.2. The standard InChI is InChI=1S/C13H16BrN3O/c1-3-6-17-12(10(14)8-16-17)13(18)11-5-4-9(2)7-15-11/h4-5,7-8,13,18H,3,6H2,1-2H3. The maximum atomic E-state index is 10.4. The van der Waals surface area contributed by atoms with E-state index in [4.69, 9.17) is 0 Å². The van der Waals surface area contributed by atoms with E-state index < -0.39 is 6.10 Å². The van der Waals surface area contributed by atoms with Gasteiger partial charge in [0, 0.05) is 12.7 Å². The number of aliphatic hydroxyl groups excluding tert-OH is 1. The van der Waals surface area contributed by atoms with Crippen molar-refractivity contribution in [1.82, 2.24) is 14.8 Å². The molecule has 2 aromatic heterocycles. The second kappa shape index (κ2) is 5.63. The Kier molecular flexibility index (Phi) is 4.14. The third-order valence-electron chi connectivity index (χ3n) is 2.74. The van der Waals surface area contributed by atoms with Crippen LogP contribution in [0.4, 0.5) is 0 Å². The molecule has 1 unspecified atom stereocenters. The minimum Gasteiger partial charge on any atom is -0.380 e. The topological polar surface area (TPSA) is 50.9 Å². The van der Waals surface area contributed by atoms with Crippen LogP contribution in [0.15, 0.2) is 29.0 Å². The second-order valence-electron chi connectivity index (χ2n) is 4.26. The monoisotopic (exact) mass is 309 g/mol. The molecule has 1 N–H and O–H groups in total. The summed E-state index contributed by atoms with van der Waals surface area (Å²) in [6, 6.07) is 3.79. The number of aliphatic hydroxyl groups is 1. The Hall–Kier alpha value is -1.20. The molecule has 0 fully saturated rings. The Morgan fingerprint density at radius 3 is 2.78 bits per heavy atom. The van der Waals surface area contributed by atoms with E-state index in [-0.39, 0.29) is 0 Å². The zero-order chi connectivity index (χ0) is 13.1. The van der Waals surface area contributed by atoms with Gasteiger partial charge in [-0.2, -0.15) is 5.10 Å². The highest BCUT2D eigenvalue weighted by Crippen LogP contribution is 2.27. The molecule has 0 saturated carbocycles. The van der Waals surface area contributed by atoms with E-state index in [9.17, 15) is 5.11 Å². The number of rotatable bonds is 4. The number of hydrogen-bond acceptors (Lipinski definition) is 3. The predicted molar refractivity (Wildman–Crippen MR) is 73.3 cm³/mol. The van der Waals surface area contributed by atoms with E-state index in [1.54, 1.807) is 12.4 Å². The smallest absolute Gasteiger partial charge is 0.139 e. The van der Waals surface area contributed by atoms with Crippen LogP contribution in [0.2, 0.25) is 0 Å². The van der Waals surface area contributed by atoms with Gasteiger partial charge in [-0.05, 0) is 40.9 Å². The van der Waals surface area contributed by atoms with Crippen LogP contribution in [0.25, 0.3) is 0 Å². The van der Waals surface area contributed by atoms with Crippen LogP contribution in [0, 0.1) is 6.92 Å². The molecule has 0 aliphatic rings. The molecule has 0 bridgehead atoms. The lowest BCUT2D eigenvalue weighted by molar-refractivity contribution is 0.201. The van der Waals surface area contributed by atoms with Gasteiger partial charge in [0.05, 0.1) is 22.1 Å². The fourth-order valence-electron chi connectivity index (χ4n) is 1.81. The third kappa shape index (κ3) is 2.62. The molecule has 0 saturated heterocycles. The summed E-state index contributed by atoms with van der Waals surface area (Å²) < 4.78 is 2.63. The molecule has 4 nitrogen and oxygen atoms in total. The van der Waals surface area contributed by atoms with E-state index in [1.165, 1.54) is 0 Å². The van der Waals surface area contributed by atoms with Crippen molar-refractivity contribution in [3.05, 3.63) is 46.0 Å². The Morgan fingerprint density at radius 2 is 2.17 bits per heavy atom. The Labute approximate surface area is 115 Å². The third-order valence-corrected chi connectivity index (χ3v) is 3.35. The van der Waals surface area contributed by atoms with Crippen molar-refractivity contribution in [3.8, 4) is 0 Å². The van der Waals surface area contributed by atoms with Gasteiger partial charge in [0.2, 0.25) is 0 Å². The lowest BCUT2D eigenvalue weighted by atomic mass is 10.1. The van der Waals surface area contributed by atoms with Crippen LogP contribution < -0.4 is 0 Å². The highest BCUT2D eigenvalue weighted by atomic mass is 79.9. The van der Waals surface area contributed by atoms with Crippen molar-refractivity contribution in [2.75, 3.05) is 0 Å². The van der Waals surface area contributed by atoms with Crippen molar-refractivity contribution >= 4 is 15.9 Å². The number of aryl methyl sites for hydroxylation is 2. The molecule has 0 spiro atoms. The van der Waals surface area contributed by atoms with Crippen molar-refractivity contribution in [3.63, 3.8) is 0 Å². The summed E-state index contributed by atoms with van der Waals surface area (Å²) in [6.07, 6.45) is 3.68. The lowest BCUT2D eigenvalue weighted by Gasteiger charge is -2.13. The Balaban J connectivity index is 2.35. The van der Waals surface area contributed by atoms with E-state index in [0.717, 1.165) is 28.7 Å². The maximum absolute atomic E-state index is 10.4. The van der Waals surface area contributed by atoms with Gasteiger partial charge < -0.3 is 5.11 Å². The second-order valence-corrected chi connectivity index (χ2v) is 5.12. The minimum absolute atomic E-state index is 0.638. The minimum atomic E-state index is -0.756. The van der Waals surface area contributed by atoms with Crippen LogP contribution in [0.1, 0.15) is 36.4 Å². The van der Waals surface area contributed by atoms with Crippen LogP contribution in [0.5, 0.6) is 0 Å². The van der Waals surface area contributed by atoms with Crippen molar-refractivity contribution in [2.45, 2.75) is 32.9 Å². The molecule has 18 heavy (non-hydrogen) atoms. The molecular formula is C13H16BrN3O. The van der Waals surface area contributed by atoms with Crippen molar-refractivity contribution in [2.24, 2.45) is 0 Å². The lowest BCUT2D eigenvalue weighted by Crippen LogP contribution is -2.11. The molecule has 0 aromatic carbocycles. The molecule has 96 valence electrons. The molecule has 0 amide bonds. The van der Waals surface area contributed by atoms with Gasteiger partial charge in [-0.3, -0.25) is 9.67 Å². The quantitative estimate of drug-likeness (QED) is 0.945. The van der Waals surface area contributed by atoms with Gasteiger partial charge in [0.25, 0.3) is 0 Å². The molecule has 1 atom stereocenters. The highest BCUT2D eigenvalue weighted by Gasteiger charge is 2.20. The molecular weight excluding hydrogens is 294 g/mol. The largest absolute Gasteiger partial charge is 0.380 e. The van der Waals surface area contributed by atoms with Gasteiger partial charge in [0.15, 0.2) is 0 Å². The summed E-state index contributed by atoms with van der Waals surface area (Å²) in [4.78, 5) is 4.26. The summed E-state index contributed by atoms with van der Waals surface area (Å²) >= 11 is 3.43. The molecule has 2 rings (SSSR count). The summed E-state index contributed by atoms with van der Waals surface area (Å²) in [5.41, 5.74) is 2.47. The van der Waals surface area contributed by atoms with Crippen LogP contribution in [-0.4, -0.2) is 19.9 Å². The maximum Gasteiger partial charge on any atom is 0.139 e. The molecule has 0 aliphatic carbocycles. The van der Waals surface area contributed by atoms with Gasteiger partial charge in [0.1, 0.15) is 6.10 Å². The molecule has 0 radical (unpaired) electrons. The number of hydrogen-bond donors (Lipinski definition) is 1. The first-order valence-corrected chi connectivity index (χ1v) is 6.74. The van der Waals surface area contributed by atoms with Crippen molar-refractivity contribution < 1.29 is 5.11 Å². The SMILES string of the molecule is CCCn1ncc(Br)c1C(O)c1ccc(C)cn1. The van der Waals surface area contributed by atoms with E-state index in [0.29, 0.717) is 5.69 Å². The van der Waals surface area contributed by atoms with Gasteiger partial charge in [-0.1, -0.05) is 13.0 Å². The van der Waals surface area contributed by atoms with Gasteiger partial charge in [-0.25, -0.2) is 0 Å². The van der Waals surface area contributed by atoms with Crippen LogP contribution in [-0.2, 0) is 6.54 Å². The first-order chi connectivity index (χ1) is 8.63. The Bertz CT molecular complexity index is 522. The predicted octanol–water partition coefficient (Wildman–Crippen LogP) is 2.84. The van der Waals surface area contributed by atoms with E-state index >= 15 is 0 Å². The summed E-state index contributed by atoms with van der Waals surface area (Å²) in [7, 11) is 0. The van der Waals surface area contributed by atoms with Crippen molar-refractivity contribution in [1.29, 1.82) is 0 Å². The Morgan fingerprint density at radius 1 is 1.39 bits per heavy atom. The average Bonchev–Trinajstić information content (AvgIpc) is 2.71. The normalized spacial score (nSPS) is 12.7. The van der Waals surface area contributed by atoms with E-state index in [1.807, 2.05) is 23.7 Å². The van der Waals surface area contributed by atoms with Crippen LogP contribution in [0.3, 0.4) is 0 Å². The average molecular weight is 310 g/mol. The number of pyridine rings is 1. The number of nitrogens with zero attached hydrogens (tertiary/aromatic N) is 3.